The number of carbonyl (C=O) groups excluding carboxylic acids is 3. The molecule has 210 valence electrons. The van der Waals surface area contributed by atoms with E-state index in [9.17, 15) is 14.4 Å². The molecule has 2 aliphatic carbocycles. The van der Waals surface area contributed by atoms with Crippen LogP contribution >= 0.6 is 34.2 Å². The summed E-state index contributed by atoms with van der Waals surface area (Å²) in [5.74, 6) is 0.365. The zero-order valence-electron chi connectivity index (χ0n) is 22.9. The minimum Gasteiger partial charge on any atom is -0.490 e. The van der Waals surface area contributed by atoms with Crippen LogP contribution in [0.25, 0.3) is 0 Å². The number of hydrogen-bond donors (Lipinski definition) is 1. The van der Waals surface area contributed by atoms with Crippen LogP contribution in [0.15, 0.2) is 52.9 Å². The molecule has 1 aliphatic heterocycles. The molecule has 0 radical (unpaired) electrons. The molecule has 40 heavy (non-hydrogen) atoms. The molecule has 2 aromatic carbocycles. The molecule has 1 N–H and O–H groups in total. The SMILES string of the molecule is CCOc1cc(C2C3=C(CCCC3=O)N(C)C3=C2C(=O)CCC3)cc(I)c1OCC(=O)Nc1ccc(C)c(Cl)c1. The molecule has 3 aliphatic rings. The highest BCUT2D eigenvalue weighted by Crippen LogP contribution is 2.50. The molecule has 0 bridgehead atoms. The van der Waals surface area contributed by atoms with Gasteiger partial charge in [-0.15, -0.1) is 0 Å². The molecule has 0 saturated carbocycles. The number of aryl methyl sites for hydroxylation is 1. The quantitative estimate of drug-likeness (QED) is 0.329. The largest absolute Gasteiger partial charge is 0.490 e. The number of Topliss-reactive ketones (excluding diaryl/α,β-unsaturated/α-hetero) is 2. The lowest BCUT2D eigenvalue weighted by Crippen LogP contribution is -2.37. The zero-order valence-corrected chi connectivity index (χ0v) is 25.8. The van der Waals surface area contributed by atoms with Gasteiger partial charge in [0.25, 0.3) is 5.91 Å². The monoisotopic (exact) mass is 674 g/mol. The summed E-state index contributed by atoms with van der Waals surface area (Å²) in [4.78, 5) is 41.5. The minimum absolute atomic E-state index is 0.101. The van der Waals surface area contributed by atoms with Crippen LogP contribution in [0.3, 0.4) is 0 Å². The highest BCUT2D eigenvalue weighted by Gasteiger charge is 2.42. The van der Waals surface area contributed by atoms with Gasteiger partial charge in [0.2, 0.25) is 0 Å². The van der Waals surface area contributed by atoms with Gasteiger partial charge in [-0.3, -0.25) is 14.4 Å². The van der Waals surface area contributed by atoms with Gasteiger partial charge in [0.15, 0.2) is 29.7 Å². The fourth-order valence-corrected chi connectivity index (χ4v) is 6.81. The summed E-state index contributed by atoms with van der Waals surface area (Å²) < 4.78 is 12.7. The van der Waals surface area contributed by atoms with Crippen LogP contribution < -0.4 is 14.8 Å². The van der Waals surface area contributed by atoms with Crippen LogP contribution in [-0.2, 0) is 14.4 Å². The van der Waals surface area contributed by atoms with E-state index in [4.69, 9.17) is 21.1 Å². The van der Waals surface area contributed by atoms with E-state index in [2.05, 4.69) is 32.8 Å². The lowest BCUT2D eigenvalue weighted by atomic mass is 9.71. The van der Waals surface area contributed by atoms with Gasteiger partial charge in [0.05, 0.1) is 10.2 Å². The first-order valence-electron chi connectivity index (χ1n) is 13.6. The number of ether oxygens (including phenoxy) is 2. The van der Waals surface area contributed by atoms with Crippen LogP contribution in [0.4, 0.5) is 5.69 Å². The van der Waals surface area contributed by atoms with Crippen molar-refractivity contribution >= 4 is 57.4 Å². The first-order chi connectivity index (χ1) is 19.2. The lowest BCUT2D eigenvalue weighted by Gasteiger charge is -2.42. The van der Waals surface area contributed by atoms with Crippen LogP contribution in [0, 0.1) is 10.5 Å². The van der Waals surface area contributed by atoms with Crippen LogP contribution in [0.5, 0.6) is 11.5 Å². The molecule has 9 heteroatoms. The van der Waals surface area contributed by atoms with Gasteiger partial charge >= 0.3 is 0 Å². The van der Waals surface area contributed by atoms with E-state index in [0.29, 0.717) is 41.7 Å². The molecule has 1 amide bonds. The predicted molar refractivity (Wildman–Crippen MR) is 163 cm³/mol. The highest BCUT2D eigenvalue weighted by atomic mass is 127. The van der Waals surface area contributed by atoms with Crippen molar-refractivity contribution in [2.24, 2.45) is 0 Å². The maximum atomic E-state index is 13.3. The molecular weight excluding hydrogens is 643 g/mol. The first-order valence-corrected chi connectivity index (χ1v) is 15.1. The Balaban J connectivity index is 1.48. The maximum Gasteiger partial charge on any atom is 0.262 e. The number of rotatable bonds is 7. The Morgan fingerprint density at radius 3 is 2.27 bits per heavy atom. The van der Waals surface area contributed by atoms with E-state index in [0.717, 1.165) is 62.9 Å². The molecule has 0 aromatic heterocycles. The maximum absolute atomic E-state index is 13.3. The number of halogens is 2. The van der Waals surface area contributed by atoms with Crippen LogP contribution in [0.1, 0.15) is 62.5 Å². The molecule has 0 fully saturated rings. The van der Waals surface area contributed by atoms with Crippen molar-refractivity contribution in [3.05, 3.63) is 72.6 Å². The van der Waals surface area contributed by atoms with Crippen molar-refractivity contribution in [3.63, 3.8) is 0 Å². The molecule has 5 rings (SSSR count). The predicted octanol–water partition coefficient (Wildman–Crippen LogP) is 6.71. The van der Waals surface area contributed by atoms with Gasteiger partial charge in [-0.1, -0.05) is 17.7 Å². The highest BCUT2D eigenvalue weighted by molar-refractivity contribution is 14.1. The third-order valence-electron chi connectivity index (χ3n) is 7.71. The van der Waals surface area contributed by atoms with Crippen molar-refractivity contribution in [3.8, 4) is 11.5 Å². The smallest absolute Gasteiger partial charge is 0.262 e. The summed E-state index contributed by atoms with van der Waals surface area (Å²) in [5, 5.41) is 3.38. The molecule has 0 saturated heterocycles. The number of carbonyl (C=O) groups is 3. The summed E-state index contributed by atoms with van der Waals surface area (Å²) in [6.45, 7) is 3.93. The van der Waals surface area contributed by atoms with Crippen molar-refractivity contribution in [2.75, 3.05) is 25.6 Å². The first kappa shape index (κ1) is 28.7. The Labute approximate surface area is 253 Å². The number of ketones is 2. The van der Waals surface area contributed by atoms with E-state index in [-0.39, 0.29) is 24.1 Å². The average Bonchev–Trinajstić information content (AvgIpc) is 2.91. The normalized spacial score (nSPS) is 17.6. The fourth-order valence-electron chi connectivity index (χ4n) is 5.85. The molecule has 0 atom stereocenters. The number of allylic oxidation sites excluding steroid dienone is 4. The molecule has 0 unspecified atom stereocenters. The van der Waals surface area contributed by atoms with Crippen molar-refractivity contribution in [2.45, 2.75) is 58.3 Å². The molecule has 2 aromatic rings. The topological polar surface area (TPSA) is 84.9 Å². The summed E-state index contributed by atoms with van der Waals surface area (Å²) in [6.07, 6.45) is 4.23. The Morgan fingerprint density at radius 1 is 1.02 bits per heavy atom. The zero-order chi connectivity index (χ0) is 28.6. The number of benzene rings is 2. The Morgan fingerprint density at radius 2 is 1.68 bits per heavy atom. The fraction of sp³-hybridized carbons (Fsp3) is 0.387. The Hall–Kier alpha value is -2.85. The number of hydrogen-bond acceptors (Lipinski definition) is 6. The van der Waals surface area contributed by atoms with Gasteiger partial charge in [-0.05, 0) is 97.5 Å². The van der Waals surface area contributed by atoms with E-state index in [1.54, 1.807) is 12.1 Å². The summed E-state index contributed by atoms with van der Waals surface area (Å²) >= 11 is 8.35. The minimum atomic E-state index is -0.432. The van der Waals surface area contributed by atoms with E-state index in [1.165, 1.54) is 0 Å². The summed E-state index contributed by atoms with van der Waals surface area (Å²) in [6, 6.07) is 9.15. The number of nitrogens with zero attached hydrogens (tertiary/aromatic N) is 1. The van der Waals surface area contributed by atoms with Gasteiger partial charge < -0.3 is 19.7 Å². The van der Waals surface area contributed by atoms with E-state index < -0.39 is 5.92 Å². The molecule has 7 nitrogen and oxygen atoms in total. The van der Waals surface area contributed by atoms with E-state index in [1.807, 2.05) is 39.1 Å². The second-order valence-corrected chi connectivity index (χ2v) is 11.9. The summed E-state index contributed by atoms with van der Waals surface area (Å²) in [5.41, 5.74) is 5.84. The van der Waals surface area contributed by atoms with Gasteiger partial charge in [0.1, 0.15) is 0 Å². The second-order valence-electron chi connectivity index (χ2n) is 10.3. The molecular formula is C31H32ClIN2O5. The lowest BCUT2D eigenvalue weighted by molar-refractivity contribution is -0.118. The third kappa shape index (κ3) is 5.52. The van der Waals surface area contributed by atoms with Crippen molar-refractivity contribution in [1.29, 1.82) is 0 Å². The Bertz CT molecular complexity index is 1420. The van der Waals surface area contributed by atoms with E-state index >= 15 is 0 Å². The standard InChI is InChI=1S/C31H32ClIN2O5/c1-4-39-26-14-18(13-21(33)31(26)40-16-27(38)34-19-12-11-17(2)20(32)15-19)28-29-22(7-5-9-24(29)36)35(3)23-8-6-10-25(37)30(23)28/h11-15,28H,4-10,16H2,1-3H3,(H,34,38). The van der Waals surface area contributed by atoms with Crippen LogP contribution in [0.2, 0.25) is 5.02 Å². The second kappa shape index (κ2) is 11.9. The van der Waals surface area contributed by atoms with Crippen LogP contribution in [-0.4, -0.2) is 42.6 Å². The van der Waals surface area contributed by atoms with Crippen molar-refractivity contribution in [1.82, 2.24) is 4.90 Å². The molecule has 0 spiro atoms. The third-order valence-corrected chi connectivity index (χ3v) is 8.92. The van der Waals surface area contributed by atoms with Gasteiger partial charge in [-0.2, -0.15) is 0 Å². The Kier molecular flexibility index (Phi) is 8.56. The van der Waals surface area contributed by atoms with Crippen molar-refractivity contribution < 1.29 is 23.9 Å². The number of amides is 1. The average molecular weight is 675 g/mol. The number of anilines is 1. The van der Waals surface area contributed by atoms with Gasteiger partial charge in [0, 0.05) is 59.1 Å². The summed E-state index contributed by atoms with van der Waals surface area (Å²) in [7, 11) is 1.99. The molecule has 1 heterocycles. The van der Waals surface area contributed by atoms with Gasteiger partial charge in [-0.25, -0.2) is 0 Å². The number of nitrogens with one attached hydrogen (secondary N) is 1.